The fourth-order valence-electron chi connectivity index (χ4n) is 0.971. The predicted octanol–water partition coefficient (Wildman–Crippen LogP) is 3.14. The molecule has 0 aliphatic heterocycles. The average molecular weight is 162 g/mol. The predicted molar refractivity (Wildman–Crippen MR) is 59.9 cm³/mol. The van der Waals surface area contributed by atoms with E-state index in [1.165, 1.54) is 19.1 Å². The molecule has 0 atom stereocenters. The lowest BCUT2D eigenvalue weighted by molar-refractivity contribution is 0.732. The van der Waals surface area contributed by atoms with Gasteiger partial charge in [-0.2, -0.15) is 0 Å². The molecule has 0 bridgehead atoms. The van der Waals surface area contributed by atoms with E-state index in [4.69, 9.17) is 0 Å². The minimum Gasteiger partial charge on any atom is -0.0991 e. The molecule has 0 saturated carbocycles. The Morgan fingerprint density at radius 2 is 2.17 bits per heavy atom. The van der Waals surface area contributed by atoms with Crippen molar-refractivity contribution >= 4 is 7.28 Å². The summed E-state index contributed by atoms with van der Waals surface area (Å²) in [5, 5.41) is 0. The summed E-state index contributed by atoms with van der Waals surface area (Å²) in [6.07, 6.45) is 9.38. The molecule has 0 radical (unpaired) electrons. The Morgan fingerprint density at radius 1 is 1.50 bits per heavy atom. The molecule has 0 amide bonds. The summed E-state index contributed by atoms with van der Waals surface area (Å²) < 4.78 is 0. The van der Waals surface area contributed by atoms with Crippen LogP contribution in [0.1, 0.15) is 20.8 Å². The van der Waals surface area contributed by atoms with Crippen LogP contribution in [0.15, 0.2) is 36.4 Å². The van der Waals surface area contributed by atoms with Gasteiger partial charge in [0.15, 0.2) is 7.28 Å². The third-order valence-electron chi connectivity index (χ3n) is 1.83. The van der Waals surface area contributed by atoms with Crippen molar-refractivity contribution in [1.82, 2.24) is 0 Å². The molecule has 0 aromatic heterocycles. The van der Waals surface area contributed by atoms with E-state index in [1.807, 2.05) is 12.2 Å². The fraction of sp³-hybridized carbons (Fsp3) is 0.455. The molecule has 0 aromatic rings. The first-order valence-electron chi connectivity index (χ1n) is 4.65. The zero-order valence-electron chi connectivity index (χ0n) is 8.51. The minimum atomic E-state index is 0.789. The van der Waals surface area contributed by atoms with Crippen LogP contribution in [0.2, 0.25) is 6.32 Å². The van der Waals surface area contributed by atoms with Gasteiger partial charge in [-0.15, -0.1) is 0 Å². The molecular formula is C11H19B. The number of hydrogen-bond acceptors (Lipinski definition) is 0. The molecule has 66 valence electrons. The second-order valence-corrected chi connectivity index (χ2v) is 3.39. The van der Waals surface area contributed by atoms with Gasteiger partial charge in [-0.3, -0.25) is 0 Å². The van der Waals surface area contributed by atoms with E-state index in [0.717, 1.165) is 5.92 Å². The summed E-state index contributed by atoms with van der Waals surface area (Å²) in [6.45, 7) is 10.2. The molecule has 12 heavy (non-hydrogen) atoms. The van der Waals surface area contributed by atoms with Gasteiger partial charge >= 0.3 is 0 Å². The summed E-state index contributed by atoms with van der Waals surface area (Å²) in [5.74, 6) is 0.789. The molecular weight excluding hydrogens is 143 g/mol. The van der Waals surface area contributed by atoms with Gasteiger partial charge in [-0.25, -0.2) is 0 Å². The third-order valence-corrected chi connectivity index (χ3v) is 1.83. The van der Waals surface area contributed by atoms with Gasteiger partial charge in [0.1, 0.15) is 0 Å². The molecule has 0 rings (SSSR count). The van der Waals surface area contributed by atoms with Gasteiger partial charge in [0.05, 0.1) is 0 Å². The van der Waals surface area contributed by atoms with E-state index < -0.39 is 0 Å². The smallest absolute Gasteiger partial charge is 0.0991 e. The molecule has 1 heteroatoms. The highest BCUT2D eigenvalue weighted by Gasteiger charge is 1.97. The molecule has 0 spiro atoms. The van der Waals surface area contributed by atoms with Crippen molar-refractivity contribution in [2.24, 2.45) is 5.92 Å². The maximum Gasteiger partial charge on any atom is 0.157 e. The van der Waals surface area contributed by atoms with Gasteiger partial charge in [-0.05, 0) is 6.92 Å². The number of allylic oxidation sites excluding steroid dienone is 5. The summed E-state index contributed by atoms with van der Waals surface area (Å²) >= 11 is 0. The van der Waals surface area contributed by atoms with E-state index in [2.05, 4.69) is 39.5 Å². The normalized spacial score (nSPS) is 12.5. The Kier molecular flexibility index (Phi) is 6.55. The van der Waals surface area contributed by atoms with Gasteiger partial charge in [0.2, 0.25) is 0 Å². The highest BCUT2D eigenvalue weighted by Crippen LogP contribution is 2.05. The second-order valence-electron chi connectivity index (χ2n) is 3.39. The average Bonchev–Trinajstić information content (AvgIpc) is 2.05. The SMILES string of the molecule is C=C/C=C\C(BCC(C)C)=C/C. The quantitative estimate of drug-likeness (QED) is 0.430. The van der Waals surface area contributed by atoms with Crippen molar-refractivity contribution in [2.45, 2.75) is 27.1 Å². The van der Waals surface area contributed by atoms with Gasteiger partial charge in [0.25, 0.3) is 0 Å². The van der Waals surface area contributed by atoms with E-state index in [-0.39, 0.29) is 0 Å². The summed E-state index contributed by atoms with van der Waals surface area (Å²) in [6, 6.07) is 0. The summed E-state index contributed by atoms with van der Waals surface area (Å²) in [4.78, 5) is 0. The first kappa shape index (κ1) is 11.3. The standard InChI is InChI=1S/C11H19B/c1-5-7-8-11(6-2)12-9-10(3)4/h5-8,10,12H,1,9H2,2-4H3/b8-7-,11-6+. The minimum absolute atomic E-state index is 0.789. The molecule has 0 N–H and O–H groups in total. The zero-order chi connectivity index (χ0) is 9.40. The zero-order valence-corrected chi connectivity index (χ0v) is 8.51. The van der Waals surface area contributed by atoms with Crippen molar-refractivity contribution in [2.75, 3.05) is 0 Å². The Hall–Kier alpha value is -0.715. The van der Waals surface area contributed by atoms with Crippen LogP contribution in [0.4, 0.5) is 0 Å². The van der Waals surface area contributed by atoms with Crippen LogP contribution in [0.25, 0.3) is 0 Å². The van der Waals surface area contributed by atoms with Gasteiger partial charge in [0, 0.05) is 0 Å². The van der Waals surface area contributed by atoms with Crippen molar-refractivity contribution in [3.63, 3.8) is 0 Å². The van der Waals surface area contributed by atoms with Crippen LogP contribution < -0.4 is 0 Å². The fourth-order valence-corrected chi connectivity index (χ4v) is 0.971. The number of hydrogen-bond donors (Lipinski definition) is 0. The highest BCUT2D eigenvalue weighted by molar-refractivity contribution is 6.46. The largest absolute Gasteiger partial charge is 0.157 e. The molecule has 0 aromatic carbocycles. The lowest BCUT2D eigenvalue weighted by Gasteiger charge is -2.02. The third kappa shape index (κ3) is 6.02. The first-order chi connectivity index (χ1) is 5.70. The lowest BCUT2D eigenvalue weighted by atomic mass is 9.63. The van der Waals surface area contributed by atoms with E-state index >= 15 is 0 Å². The van der Waals surface area contributed by atoms with E-state index in [0.29, 0.717) is 0 Å². The monoisotopic (exact) mass is 162 g/mol. The van der Waals surface area contributed by atoms with Crippen molar-refractivity contribution in [3.8, 4) is 0 Å². The molecule has 0 aliphatic rings. The maximum absolute atomic E-state index is 3.65. The molecule has 0 heterocycles. The Balaban J connectivity index is 3.85. The van der Waals surface area contributed by atoms with Crippen molar-refractivity contribution in [3.05, 3.63) is 36.4 Å². The van der Waals surface area contributed by atoms with Crippen LogP contribution in [-0.2, 0) is 0 Å². The van der Waals surface area contributed by atoms with E-state index in [9.17, 15) is 0 Å². The van der Waals surface area contributed by atoms with Crippen LogP contribution in [-0.4, -0.2) is 7.28 Å². The topological polar surface area (TPSA) is 0 Å². The Labute approximate surface area is 77.3 Å². The molecule has 0 saturated heterocycles. The first-order valence-corrected chi connectivity index (χ1v) is 4.65. The van der Waals surface area contributed by atoms with Crippen LogP contribution in [0.3, 0.4) is 0 Å². The van der Waals surface area contributed by atoms with Gasteiger partial charge in [-0.1, -0.05) is 62.4 Å². The number of rotatable bonds is 5. The summed E-state index contributed by atoms with van der Waals surface area (Å²) in [7, 11) is 1.18. The second kappa shape index (κ2) is 6.96. The Morgan fingerprint density at radius 3 is 2.58 bits per heavy atom. The molecule has 0 nitrogen and oxygen atoms in total. The van der Waals surface area contributed by atoms with Crippen LogP contribution >= 0.6 is 0 Å². The van der Waals surface area contributed by atoms with E-state index in [1.54, 1.807) is 0 Å². The van der Waals surface area contributed by atoms with Crippen LogP contribution in [0, 0.1) is 5.92 Å². The Bertz CT molecular complexity index is 175. The maximum atomic E-state index is 3.65. The van der Waals surface area contributed by atoms with Crippen molar-refractivity contribution < 1.29 is 0 Å². The van der Waals surface area contributed by atoms with Crippen molar-refractivity contribution in [1.29, 1.82) is 0 Å². The molecule has 0 fully saturated rings. The molecule has 0 unspecified atom stereocenters. The lowest BCUT2D eigenvalue weighted by Crippen LogP contribution is -1.98. The highest BCUT2D eigenvalue weighted by atomic mass is 13.9. The van der Waals surface area contributed by atoms with Gasteiger partial charge < -0.3 is 0 Å². The van der Waals surface area contributed by atoms with Crippen LogP contribution in [0.5, 0.6) is 0 Å². The summed E-state index contributed by atoms with van der Waals surface area (Å²) in [5.41, 5.74) is 1.41. The molecule has 0 aliphatic carbocycles.